The van der Waals surface area contributed by atoms with Gasteiger partial charge < -0.3 is 4.90 Å². The molecule has 1 saturated carbocycles. The highest BCUT2D eigenvalue weighted by molar-refractivity contribution is 5.94. The highest BCUT2D eigenvalue weighted by Crippen LogP contribution is 2.36. The maximum Gasteiger partial charge on any atom is 0.254 e. The molecule has 2 fully saturated rings. The highest BCUT2D eigenvalue weighted by Gasteiger charge is 2.35. The van der Waals surface area contributed by atoms with Gasteiger partial charge in [-0.2, -0.15) is 0 Å². The average molecular weight is 359 g/mol. The molecule has 1 aliphatic heterocycles. The summed E-state index contributed by atoms with van der Waals surface area (Å²) in [6, 6.07) is 16.6. The van der Waals surface area contributed by atoms with Gasteiger partial charge in [-0.25, -0.2) is 4.98 Å². The van der Waals surface area contributed by atoms with Crippen molar-refractivity contribution in [3.8, 4) is 5.69 Å². The predicted molar refractivity (Wildman–Crippen MR) is 107 cm³/mol. The van der Waals surface area contributed by atoms with Gasteiger partial charge in [0.15, 0.2) is 0 Å². The second-order valence-electron chi connectivity index (χ2n) is 7.90. The topological polar surface area (TPSA) is 38.1 Å². The first-order valence-corrected chi connectivity index (χ1v) is 10.1. The number of imidazole rings is 1. The van der Waals surface area contributed by atoms with Crippen molar-refractivity contribution < 1.29 is 4.79 Å². The summed E-state index contributed by atoms with van der Waals surface area (Å²) in [7, 11) is 0. The van der Waals surface area contributed by atoms with E-state index in [0.29, 0.717) is 12.0 Å². The van der Waals surface area contributed by atoms with Crippen LogP contribution in [0.5, 0.6) is 0 Å². The molecule has 0 spiro atoms. The predicted octanol–water partition coefficient (Wildman–Crippen LogP) is 4.82. The van der Waals surface area contributed by atoms with Gasteiger partial charge in [-0.3, -0.25) is 9.36 Å². The van der Waals surface area contributed by atoms with Gasteiger partial charge in [0.2, 0.25) is 0 Å². The number of nitrogens with zero attached hydrogens (tertiary/aromatic N) is 3. The van der Waals surface area contributed by atoms with Crippen LogP contribution >= 0.6 is 0 Å². The van der Waals surface area contributed by atoms with E-state index >= 15 is 0 Å². The number of hydrogen-bond donors (Lipinski definition) is 0. The van der Waals surface area contributed by atoms with Crippen molar-refractivity contribution in [2.24, 2.45) is 5.92 Å². The molecule has 0 radical (unpaired) electrons. The molecule has 2 aromatic carbocycles. The fourth-order valence-electron chi connectivity index (χ4n) is 4.97. The van der Waals surface area contributed by atoms with E-state index in [0.717, 1.165) is 35.2 Å². The number of fused-ring (bicyclic) bond motifs is 2. The number of aromatic nitrogens is 2. The smallest absolute Gasteiger partial charge is 0.254 e. The van der Waals surface area contributed by atoms with Crippen LogP contribution < -0.4 is 0 Å². The van der Waals surface area contributed by atoms with E-state index in [2.05, 4.69) is 20.5 Å². The number of benzene rings is 2. The fraction of sp³-hybridized carbons (Fsp3) is 0.391. The van der Waals surface area contributed by atoms with Gasteiger partial charge in [0, 0.05) is 23.8 Å². The summed E-state index contributed by atoms with van der Waals surface area (Å²) < 4.78 is 2.07. The van der Waals surface area contributed by atoms with Crippen LogP contribution in [-0.2, 0) is 0 Å². The molecule has 2 heterocycles. The molecule has 1 aliphatic carbocycles. The van der Waals surface area contributed by atoms with E-state index in [-0.39, 0.29) is 5.91 Å². The van der Waals surface area contributed by atoms with Gasteiger partial charge in [-0.15, -0.1) is 0 Å². The number of hydrogen-bond acceptors (Lipinski definition) is 2. The maximum atomic E-state index is 13.2. The lowest BCUT2D eigenvalue weighted by molar-refractivity contribution is 0.0390. The summed E-state index contributed by atoms with van der Waals surface area (Å²) in [5, 5.41) is 0. The minimum atomic E-state index is 0.202. The summed E-state index contributed by atoms with van der Waals surface area (Å²) in [5.74, 6) is 0.918. The van der Waals surface area contributed by atoms with E-state index in [1.807, 2.05) is 48.8 Å². The van der Waals surface area contributed by atoms with E-state index in [4.69, 9.17) is 0 Å². The van der Waals surface area contributed by atoms with Crippen molar-refractivity contribution in [3.63, 3.8) is 0 Å². The zero-order valence-corrected chi connectivity index (χ0v) is 15.6. The van der Waals surface area contributed by atoms with Crippen LogP contribution in [0.4, 0.5) is 0 Å². The molecular weight excluding hydrogens is 334 g/mol. The highest BCUT2D eigenvalue weighted by atomic mass is 16.2. The quantitative estimate of drug-likeness (QED) is 0.658. The molecular formula is C23H25N3O. The van der Waals surface area contributed by atoms with Crippen LogP contribution in [-0.4, -0.2) is 32.9 Å². The Morgan fingerprint density at radius 1 is 0.926 bits per heavy atom. The van der Waals surface area contributed by atoms with Crippen LogP contribution in [0.25, 0.3) is 16.7 Å². The third-order valence-corrected chi connectivity index (χ3v) is 6.35. The lowest BCUT2D eigenvalue weighted by Gasteiger charge is -2.44. The molecule has 1 saturated heterocycles. The largest absolute Gasteiger partial charge is 0.335 e. The van der Waals surface area contributed by atoms with Crippen molar-refractivity contribution in [1.82, 2.24) is 14.5 Å². The minimum Gasteiger partial charge on any atom is -0.335 e. The lowest BCUT2D eigenvalue weighted by atomic mass is 9.78. The van der Waals surface area contributed by atoms with Crippen LogP contribution in [0.1, 0.15) is 48.9 Å². The van der Waals surface area contributed by atoms with E-state index < -0.39 is 0 Å². The fourth-order valence-corrected chi connectivity index (χ4v) is 4.97. The second-order valence-corrected chi connectivity index (χ2v) is 7.90. The SMILES string of the molecule is O=C(c1ccc(-n2cnc3ccccc32)cc1)N1CCC[C@H]2CCCC[C@@H]21. The van der Waals surface area contributed by atoms with Crippen molar-refractivity contribution in [2.45, 2.75) is 44.6 Å². The molecule has 0 N–H and O–H groups in total. The zero-order chi connectivity index (χ0) is 18.2. The maximum absolute atomic E-state index is 13.2. The van der Waals surface area contributed by atoms with E-state index in [9.17, 15) is 4.79 Å². The number of likely N-dealkylation sites (tertiary alicyclic amines) is 1. The molecule has 0 bridgehead atoms. The van der Waals surface area contributed by atoms with Crippen molar-refractivity contribution in [3.05, 3.63) is 60.4 Å². The Kier molecular flexibility index (Phi) is 4.19. The normalized spacial score (nSPS) is 22.6. The van der Waals surface area contributed by atoms with Crippen molar-refractivity contribution in [1.29, 1.82) is 0 Å². The molecule has 3 aromatic rings. The first-order chi connectivity index (χ1) is 13.3. The third kappa shape index (κ3) is 2.93. The summed E-state index contributed by atoms with van der Waals surface area (Å²) in [6.07, 6.45) is 9.34. The number of amides is 1. The molecule has 2 aliphatic rings. The Morgan fingerprint density at radius 3 is 2.59 bits per heavy atom. The van der Waals surface area contributed by atoms with Gasteiger partial charge in [0.25, 0.3) is 5.91 Å². The molecule has 1 amide bonds. The average Bonchev–Trinajstić information content (AvgIpc) is 3.17. The van der Waals surface area contributed by atoms with Crippen LogP contribution in [0.3, 0.4) is 0 Å². The zero-order valence-electron chi connectivity index (χ0n) is 15.6. The van der Waals surface area contributed by atoms with Gasteiger partial charge in [0.1, 0.15) is 6.33 Å². The first kappa shape index (κ1) is 16.5. The van der Waals surface area contributed by atoms with Gasteiger partial charge in [-0.1, -0.05) is 25.0 Å². The summed E-state index contributed by atoms with van der Waals surface area (Å²) in [6.45, 7) is 0.911. The number of para-hydroxylation sites is 2. The molecule has 2 atom stereocenters. The molecule has 1 aromatic heterocycles. The molecule has 4 nitrogen and oxygen atoms in total. The first-order valence-electron chi connectivity index (χ1n) is 10.1. The Bertz CT molecular complexity index is 957. The third-order valence-electron chi connectivity index (χ3n) is 6.35. The summed E-state index contributed by atoms with van der Waals surface area (Å²) in [4.78, 5) is 19.8. The number of carbonyl (C=O) groups is 1. The molecule has 4 heteroatoms. The Hall–Kier alpha value is -2.62. The number of piperidine rings is 1. The minimum absolute atomic E-state index is 0.202. The van der Waals surface area contributed by atoms with Crippen molar-refractivity contribution >= 4 is 16.9 Å². The van der Waals surface area contributed by atoms with Crippen LogP contribution in [0, 0.1) is 5.92 Å². The molecule has 138 valence electrons. The lowest BCUT2D eigenvalue weighted by Crippen LogP contribution is -2.49. The van der Waals surface area contributed by atoms with E-state index in [1.54, 1.807) is 0 Å². The monoisotopic (exact) mass is 359 g/mol. The van der Waals surface area contributed by atoms with Gasteiger partial charge in [-0.05, 0) is 68.0 Å². The Morgan fingerprint density at radius 2 is 1.70 bits per heavy atom. The Balaban J connectivity index is 1.40. The van der Waals surface area contributed by atoms with Crippen LogP contribution in [0.2, 0.25) is 0 Å². The number of carbonyl (C=O) groups excluding carboxylic acids is 1. The summed E-state index contributed by atoms with van der Waals surface area (Å²) in [5.41, 5.74) is 3.90. The molecule has 27 heavy (non-hydrogen) atoms. The van der Waals surface area contributed by atoms with Crippen LogP contribution in [0.15, 0.2) is 54.9 Å². The summed E-state index contributed by atoms with van der Waals surface area (Å²) >= 11 is 0. The van der Waals surface area contributed by atoms with Gasteiger partial charge >= 0.3 is 0 Å². The van der Waals surface area contributed by atoms with E-state index in [1.165, 1.54) is 32.1 Å². The molecule has 0 unspecified atom stereocenters. The van der Waals surface area contributed by atoms with Crippen molar-refractivity contribution in [2.75, 3.05) is 6.54 Å². The number of rotatable bonds is 2. The van der Waals surface area contributed by atoms with Gasteiger partial charge in [0.05, 0.1) is 11.0 Å². The Labute approximate surface area is 159 Å². The second kappa shape index (κ2) is 6.84. The molecule has 5 rings (SSSR count). The standard InChI is InChI=1S/C23H25N3O/c27-23(25-15-5-7-17-6-1-3-9-21(17)25)18-11-13-19(14-12-18)26-16-24-20-8-2-4-10-22(20)26/h2,4,8,10-14,16-17,21H,1,3,5-7,9,15H2/t17-,21+/m1/s1.